The van der Waals surface area contributed by atoms with Gasteiger partial charge >= 0.3 is 0 Å². The third-order valence-electron chi connectivity index (χ3n) is 1.83. The maximum atomic E-state index is 11.4. The zero-order valence-corrected chi connectivity index (χ0v) is 9.61. The van der Waals surface area contributed by atoms with Crippen LogP contribution in [0.25, 0.3) is 0 Å². The standard InChI is InChI=1S/C10H10N4O2S/c11-7-2-1-3-8(4-7)16-5-9(15)13-10-14-12-6-17-10/h1-4,6H,5,11H2,(H,13,14,15). The molecule has 0 aliphatic rings. The molecule has 7 heteroatoms. The molecule has 17 heavy (non-hydrogen) atoms. The van der Waals surface area contributed by atoms with Gasteiger partial charge in [-0.3, -0.25) is 10.1 Å². The topological polar surface area (TPSA) is 90.1 Å². The zero-order chi connectivity index (χ0) is 12.1. The molecule has 0 radical (unpaired) electrons. The Morgan fingerprint density at radius 3 is 3.12 bits per heavy atom. The summed E-state index contributed by atoms with van der Waals surface area (Å²) < 4.78 is 5.26. The second kappa shape index (κ2) is 5.26. The number of carbonyl (C=O) groups excluding carboxylic acids is 1. The molecular formula is C10H10N4O2S. The highest BCUT2D eigenvalue weighted by Crippen LogP contribution is 2.14. The lowest BCUT2D eigenvalue weighted by atomic mass is 10.3. The summed E-state index contributed by atoms with van der Waals surface area (Å²) in [7, 11) is 0. The summed E-state index contributed by atoms with van der Waals surface area (Å²) >= 11 is 1.25. The first kappa shape index (κ1) is 11.3. The van der Waals surface area contributed by atoms with Gasteiger partial charge in [0.2, 0.25) is 5.13 Å². The number of amides is 1. The molecule has 0 atom stereocenters. The van der Waals surface area contributed by atoms with Crippen molar-refractivity contribution in [2.75, 3.05) is 17.7 Å². The maximum Gasteiger partial charge on any atom is 0.264 e. The molecule has 1 amide bonds. The molecule has 1 aromatic carbocycles. The predicted octanol–water partition coefficient (Wildman–Crippen LogP) is 1.14. The van der Waals surface area contributed by atoms with Gasteiger partial charge in [0.15, 0.2) is 6.61 Å². The fourth-order valence-corrected chi connectivity index (χ4v) is 1.60. The van der Waals surface area contributed by atoms with E-state index >= 15 is 0 Å². The number of rotatable bonds is 4. The lowest BCUT2D eigenvalue weighted by Gasteiger charge is -2.05. The predicted molar refractivity (Wildman–Crippen MR) is 64.9 cm³/mol. The number of aromatic nitrogens is 2. The Morgan fingerprint density at radius 2 is 2.41 bits per heavy atom. The fourth-order valence-electron chi connectivity index (χ4n) is 1.14. The lowest BCUT2D eigenvalue weighted by molar-refractivity contribution is -0.118. The molecule has 6 nitrogen and oxygen atoms in total. The van der Waals surface area contributed by atoms with Crippen LogP contribution in [-0.2, 0) is 4.79 Å². The van der Waals surface area contributed by atoms with Gasteiger partial charge in [-0.2, -0.15) is 0 Å². The van der Waals surface area contributed by atoms with Crippen LogP contribution in [0.3, 0.4) is 0 Å². The van der Waals surface area contributed by atoms with Gasteiger partial charge in [-0.1, -0.05) is 17.4 Å². The Morgan fingerprint density at radius 1 is 1.53 bits per heavy atom. The van der Waals surface area contributed by atoms with Crippen molar-refractivity contribution in [3.05, 3.63) is 29.8 Å². The molecule has 0 unspecified atom stereocenters. The van der Waals surface area contributed by atoms with E-state index in [4.69, 9.17) is 10.5 Å². The van der Waals surface area contributed by atoms with Crippen LogP contribution in [0.2, 0.25) is 0 Å². The van der Waals surface area contributed by atoms with Gasteiger partial charge in [0, 0.05) is 11.8 Å². The van der Waals surface area contributed by atoms with Crippen LogP contribution in [0, 0.1) is 0 Å². The first-order valence-corrected chi connectivity index (χ1v) is 5.66. The van der Waals surface area contributed by atoms with Crippen molar-refractivity contribution in [2.45, 2.75) is 0 Å². The highest BCUT2D eigenvalue weighted by molar-refractivity contribution is 7.13. The molecule has 0 bridgehead atoms. The smallest absolute Gasteiger partial charge is 0.264 e. The van der Waals surface area contributed by atoms with Gasteiger partial charge in [0.1, 0.15) is 11.3 Å². The lowest BCUT2D eigenvalue weighted by Crippen LogP contribution is -2.20. The van der Waals surface area contributed by atoms with E-state index < -0.39 is 0 Å². The second-order valence-corrected chi connectivity index (χ2v) is 3.99. The van der Waals surface area contributed by atoms with Gasteiger partial charge in [-0.05, 0) is 12.1 Å². The van der Waals surface area contributed by atoms with E-state index in [-0.39, 0.29) is 12.5 Å². The number of nitrogen functional groups attached to an aromatic ring is 1. The number of nitrogens with zero attached hydrogens (tertiary/aromatic N) is 2. The SMILES string of the molecule is Nc1cccc(OCC(=O)Nc2nncs2)c1. The van der Waals surface area contributed by atoms with Crippen molar-refractivity contribution in [3.63, 3.8) is 0 Å². The van der Waals surface area contributed by atoms with E-state index in [1.54, 1.807) is 24.3 Å². The summed E-state index contributed by atoms with van der Waals surface area (Å²) in [5, 5.41) is 10.3. The number of anilines is 2. The highest BCUT2D eigenvalue weighted by Gasteiger charge is 2.05. The molecular weight excluding hydrogens is 240 g/mol. The number of nitrogens with two attached hydrogens (primary N) is 1. The van der Waals surface area contributed by atoms with Crippen molar-refractivity contribution in [3.8, 4) is 5.75 Å². The van der Waals surface area contributed by atoms with Crippen molar-refractivity contribution >= 4 is 28.1 Å². The molecule has 0 aliphatic heterocycles. The van der Waals surface area contributed by atoms with E-state index in [2.05, 4.69) is 15.5 Å². The maximum absolute atomic E-state index is 11.4. The largest absolute Gasteiger partial charge is 0.484 e. The van der Waals surface area contributed by atoms with E-state index in [1.807, 2.05) is 0 Å². The molecule has 0 saturated heterocycles. The van der Waals surface area contributed by atoms with Gasteiger partial charge in [0.25, 0.3) is 5.91 Å². The number of ether oxygens (including phenoxy) is 1. The van der Waals surface area contributed by atoms with Crippen LogP contribution < -0.4 is 15.8 Å². The second-order valence-electron chi connectivity index (χ2n) is 3.15. The summed E-state index contributed by atoms with van der Waals surface area (Å²) in [5.41, 5.74) is 7.70. The Hall–Kier alpha value is -2.15. The first-order valence-electron chi connectivity index (χ1n) is 4.78. The molecule has 1 aromatic heterocycles. The summed E-state index contributed by atoms with van der Waals surface area (Å²) in [6, 6.07) is 6.88. The quantitative estimate of drug-likeness (QED) is 0.794. The van der Waals surface area contributed by atoms with Crippen LogP contribution in [-0.4, -0.2) is 22.7 Å². The number of hydrogen-bond donors (Lipinski definition) is 2. The molecule has 88 valence electrons. The fraction of sp³-hybridized carbons (Fsp3) is 0.100. The molecule has 0 saturated carbocycles. The van der Waals surface area contributed by atoms with E-state index in [1.165, 1.54) is 16.8 Å². The van der Waals surface area contributed by atoms with Crippen molar-refractivity contribution in [2.24, 2.45) is 0 Å². The minimum atomic E-state index is -0.288. The monoisotopic (exact) mass is 250 g/mol. The van der Waals surface area contributed by atoms with Crippen LogP contribution in [0.15, 0.2) is 29.8 Å². The average molecular weight is 250 g/mol. The van der Waals surface area contributed by atoms with Crippen molar-refractivity contribution < 1.29 is 9.53 Å². The van der Waals surface area contributed by atoms with Gasteiger partial charge in [-0.15, -0.1) is 10.2 Å². The summed E-state index contributed by atoms with van der Waals surface area (Å²) in [6.45, 7) is -0.0942. The van der Waals surface area contributed by atoms with Gasteiger partial charge in [0.05, 0.1) is 0 Å². The molecule has 1 heterocycles. The highest BCUT2D eigenvalue weighted by atomic mass is 32.1. The third-order valence-corrected chi connectivity index (χ3v) is 2.44. The summed E-state index contributed by atoms with van der Waals surface area (Å²) in [4.78, 5) is 11.4. The first-order chi connectivity index (χ1) is 8.24. The number of nitrogens with one attached hydrogen (secondary N) is 1. The van der Waals surface area contributed by atoms with E-state index in [9.17, 15) is 4.79 Å². The molecule has 0 aliphatic carbocycles. The van der Waals surface area contributed by atoms with E-state index in [0.29, 0.717) is 16.6 Å². The molecule has 2 rings (SSSR count). The average Bonchev–Trinajstić information content (AvgIpc) is 2.79. The van der Waals surface area contributed by atoms with Crippen LogP contribution in [0.1, 0.15) is 0 Å². The Balaban J connectivity index is 1.84. The Bertz CT molecular complexity index is 501. The van der Waals surface area contributed by atoms with Gasteiger partial charge < -0.3 is 10.5 Å². The minimum Gasteiger partial charge on any atom is -0.484 e. The zero-order valence-electron chi connectivity index (χ0n) is 8.79. The minimum absolute atomic E-state index is 0.0942. The number of carbonyl (C=O) groups is 1. The molecule has 0 spiro atoms. The Kier molecular flexibility index (Phi) is 3.51. The van der Waals surface area contributed by atoms with Crippen LogP contribution in [0.5, 0.6) is 5.75 Å². The molecule has 0 fully saturated rings. The van der Waals surface area contributed by atoms with Crippen LogP contribution >= 0.6 is 11.3 Å². The van der Waals surface area contributed by atoms with Gasteiger partial charge in [-0.25, -0.2) is 0 Å². The Labute approximate surface area is 101 Å². The molecule has 2 aromatic rings. The third kappa shape index (κ3) is 3.42. The summed E-state index contributed by atoms with van der Waals surface area (Å²) in [6.07, 6.45) is 0. The van der Waals surface area contributed by atoms with E-state index in [0.717, 1.165) is 0 Å². The number of hydrogen-bond acceptors (Lipinski definition) is 6. The van der Waals surface area contributed by atoms with Crippen LogP contribution in [0.4, 0.5) is 10.8 Å². The van der Waals surface area contributed by atoms with Crippen molar-refractivity contribution in [1.29, 1.82) is 0 Å². The summed E-state index contributed by atoms with van der Waals surface area (Å²) in [5.74, 6) is 0.265. The normalized spacial score (nSPS) is 9.88. The van der Waals surface area contributed by atoms with Crippen molar-refractivity contribution in [1.82, 2.24) is 10.2 Å². The number of benzene rings is 1. The molecule has 3 N–H and O–H groups in total.